The Balaban J connectivity index is 1.79. The van der Waals surface area contributed by atoms with Gasteiger partial charge in [0.25, 0.3) is 5.91 Å². The SMILES string of the molecule is COC(=O)[C@H]1C[C@H]1[C@H](NC(=O)c1cc(C)on1)c1ccccc1. The molecule has 3 atom stereocenters. The van der Waals surface area contributed by atoms with Crippen LogP contribution in [0.5, 0.6) is 0 Å². The smallest absolute Gasteiger partial charge is 0.309 e. The fourth-order valence-corrected chi connectivity index (χ4v) is 2.79. The van der Waals surface area contributed by atoms with E-state index in [-0.39, 0.29) is 35.4 Å². The number of esters is 1. The van der Waals surface area contributed by atoms with Gasteiger partial charge in [-0.2, -0.15) is 0 Å². The van der Waals surface area contributed by atoms with Crippen molar-refractivity contribution in [3.63, 3.8) is 0 Å². The van der Waals surface area contributed by atoms with Crippen molar-refractivity contribution in [2.45, 2.75) is 19.4 Å². The van der Waals surface area contributed by atoms with Crippen LogP contribution in [0.4, 0.5) is 0 Å². The van der Waals surface area contributed by atoms with Gasteiger partial charge in [-0.15, -0.1) is 0 Å². The average molecular weight is 314 g/mol. The molecule has 0 radical (unpaired) electrons. The molecule has 1 amide bonds. The van der Waals surface area contributed by atoms with Crippen LogP contribution in [0, 0.1) is 18.8 Å². The minimum atomic E-state index is -0.314. The highest BCUT2D eigenvalue weighted by molar-refractivity contribution is 5.92. The number of aryl methyl sites for hydroxylation is 1. The van der Waals surface area contributed by atoms with Gasteiger partial charge in [0.1, 0.15) is 5.76 Å². The molecular formula is C17H18N2O4. The van der Waals surface area contributed by atoms with Crippen LogP contribution in [0.1, 0.15) is 34.3 Å². The zero-order chi connectivity index (χ0) is 16.4. The first-order valence-corrected chi connectivity index (χ1v) is 7.47. The van der Waals surface area contributed by atoms with E-state index in [0.717, 1.165) is 5.56 Å². The van der Waals surface area contributed by atoms with E-state index in [1.165, 1.54) is 7.11 Å². The third-order valence-corrected chi connectivity index (χ3v) is 4.08. The fraction of sp³-hybridized carbons (Fsp3) is 0.353. The second-order valence-corrected chi connectivity index (χ2v) is 5.71. The normalized spacial score (nSPS) is 20.6. The van der Waals surface area contributed by atoms with Crippen molar-refractivity contribution >= 4 is 11.9 Å². The van der Waals surface area contributed by atoms with Gasteiger partial charge in [-0.3, -0.25) is 9.59 Å². The number of methoxy groups -OCH3 is 1. The number of carbonyl (C=O) groups is 2. The Morgan fingerprint density at radius 2 is 2.09 bits per heavy atom. The molecule has 1 aliphatic rings. The predicted molar refractivity (Wildman–Crippen MR) is 81.5 cm³/mol. The Bertz CT molecular complexity index is 710. The molecule has 2 aromatic rings. The van der Waals surface area contributed by atoms with Crippen LogP contribution >= 0.6 is 0 Å². The summed E-state index contributed by atoms with van der Waals surface area (Å²) in [6, 6.07) is 10.9. The van der Waals surface area contributed by atoms with E-state index in [4.69, 9.17) is 9.26 Å². The van der Waals surface area contributed by atoms with Crippen LogP contribution in [-0.4, -0.2) is 24.1 Å². The van der Waals surface area contributed by atoms with Crippen LogP contribution < -0.4 is 5.32 Å². The summed E-state index contributed by atoms with van der Waals surface area (Å²) in [5.41, 5.74) is 1.19. The summed E-state index contributed by atoms with van der Waals surface area (Å²) in [6.07, 6.45) is 0.699. The minimum Gasteiger partial charge on any atom is -0.469 e. The average Bonchev–Trinajstić information content (AvgIpc) is 3.25. The lowest BCUT2D eigenvalue weighted by molar-refractivity contribution is -0.142. The molecule has 0 spiro atoms. The zero-order valence-corrected chi connectivity index (χ0v) is 13.0. The Morgan fingerprint density at radius 1 is 1.35 bits per heavy atom. The van der Waals surface area contributed by atoms with Gasteiger partial charge in [0.15, 0.2) is 5.69 Å². The first-order valence-electron chi connectivity index (χ1n) is 7.47. The van der Waals surface area contributed by atoms with Crippen LogP contribution in [0.15, 0.2) is 40.9 Å². The van der Waals surface area contributed by atoms with Gasteiger partial charge in [0, 0.05) is 6.07 Å². The molecule has 0 saturated heterocycles. The summed E-state index contributed by atoms with van der Waals surface area (Å²) in [5, 5.41) is 6.70. The highest BCUT2D eigenvalue weighted by Gasteiger charge is 2.49. The molecule has 120 valence electrons. The van der Waals surface area contributed by atoms with Crippen LogP contribution in [0.25, 0.3) is 0 Å². The Labute approximate surface area is 133 Å². The van der Waals surface area contributed by atoms with Gasteiger partial charge < -0.3 is 14.6 Å². The van der Waals surface area contributed by atoms with Crippen molar-refractivity contribution in [2.75, 3.05) is 7.11 Å². The van der Waals surface area contributed by atoms with Crippen molar-refractivity contribution in [3.8, 4) is 0 Å². The van der Waals surface area contributed by atoms with Crippen molar-refractivity contribution in [1.82, 2.24) is 10.5 Å². The van der Waals surface area contributed by atoms with Gasteiger partial charge in [-0.25, -0.2) is 0 Å². The molecule has 1 aromatic heterocycles. The van der Waals surface area contributed by atoms with Crippen molar-refractivity contribution in [2.24, 2.45) is 11.8 Å². The molecule has 1 N–H and O–H groups in total. The summed E-state index contributed by atoms with van der Waals surface area (Å²) < 4.78 is 9.75. The quantitative estimate of drug-likeness (QED) is 0.856. The van der Waals surface area contributed by atoms with Gasteiger partial charge in [-0.1, -0.05) is 35.5 Å². The first kappa shape index (κ1) is 15.3. The lowest BCUT2D eigenvalue weighted by Gasteiger charge is -2.18. The summed E-state index contributed by atoms with van der Waals surface area (Å²) in [4.78, 5) is 24.1. The van der Waals surface area contributed by atoms with E-state index in [1.807, 2.05) is 30.3 Å². The summed E-state index contributed by atoms with van der Waals surface area (Å²) in [5.74, 6) is -0.120. The fourth-order valence-electron chi connectivity index (χ4n) is 2.79. The Kier molecular flexibility index (Phi) is 4.14. The molecular weight excluding hydrogens is 296 g/mol. The number of carbonyl (C=O) groups excluding carboxylic acids is 2. The van der Waals surface area contributed by atoms with E-state index in [9.17, 15) is 9.59 Å². The van der Waals surface area contributed by atoms with E-state index in [2.05, 4.69) is 10.5 Å². The predicted octanol–water partition coefficient (Wildman–Crippen LogP) is 2.26. The highest BCUT2D eigenvalue weighted by Crippen LogP contribution is 2.48. The van der Waals surface area contributed by atoms with Crippen LogP contribution in [0.2, 0.25) is 0 Å². The maximum Gasteiger partial charge on any atom is 0.309 e. The number of benzene rings is 1. The number of hydrogen-bond acceptors (Lipinski definition) is 5. The number of hydrogen-bond donors (Lipinski definition) is 1. The van der Waals surface area contributed by atoms with Crippen LogP contribution in [0.3, 0.4) is 0 Å². The van der Waals surface area contributed by atoms with Crippen LogP contribution in [-0.2, 0) is 9.53 Å². The van der Waals surface area contributed by atoms with Crippen molar-refractivity contribution < 1.29 is 18.8 Å². The van der Waals surface area contributed by atoms with Gasteiger partial charge in [0.05, 0.1) is 19.1 Å². The molecule has 0 aliphatic heterocycles. The van der Waals surface area contributed by atoms with E-state index < -0.39 is 0 Å². The number of nitrogens with one attached hydrogen (secondary N) is 1. The molecule has 1 saturated carbocycles. The Hall–Kier alpha value is -2.63. The van der Waals surface area contributed by atoms with Gasteiger partial charge >= 0.3 is 5.97 Å². The van der Waals surface area contributed by atoms with Crippen molar-refractivity contribution in [1.29, 1.82) is 0 Å². The molecule has 1 fully saturated rings. The van der Waals surface area contributed by atoms with E-state index in [1.54, 1.807) is 13.0 Å². The summed E-state index contributed by atoms with van der Waals surface area (Å²) >= 11 is 0. The first-order chi connectivity index (χ1) is 11.1. The lowest BCUT2D eigenvalue weighted by Crippen LogP contribution is -2.31. The van der Waals surface area contributed by atoms with Gasteiger partial charge in [-0.05, 0) is 24.8 Å². The zero-order valence-electron chi connectivity index (χ0n) is 13.0. The number of amides is 1. The number of aromatic nitrogens is 1. The number of ether oxygens (including phenoxy) is 1. The maximum absolute atomic E-state index is 12.4. The third kappa shape index (κ3) is 3.26. The van der Waals surface area contributed by atoms with E-state index >= 15 is 0 Å². The summed E-state index contributed by atoms with van der Waals surface area (Å²) in [6.45, 7) is 1.73. The molecule has 6 heteroatoms. The summed E-state index contributed by atoms with van der Waals surface area (Å²) in [7, 11) is 1.38. The molecule has 1 heterocycles. The largest absolute Gasteiger partial charge is 0.469 e. The number of nitrogens with zero attached hydrogens (tertiary/aromatic N) is 1. The highest BCUT2D eigenvalue weighted by atomic mass is 16.5. The standard InChI is InChI=1S/C17H18N2O4/c1-10-8-14(19-23-10)16(20)18-15(11-6-4-3-5-7-11)12-9-13(12)17(21)22-2/h3-8,12-13,15H,9H2,1-2H3,(H,18,20)/t12-,13+,15-/m1/s1. The molecule has 0 unspecified atom stereocenters. The Morgan fingerprint density at radius 3 is 2.70 bits per heavy atom. The topological polar surface area (TPSA) is 81.4 Å². The van der Waals surface area contributed by atoms with Crippen molar-refractivity contribution in [3.05, 3.63) is 53.4 Å². The second kappa shape index (κ2) is 6.24. The monoisotopic (exact) mass is 314 g/mol. The molecule has 6 nitrogen and oxygen atoms in total. The molecule has 0 bridgehead atoms. The molecule has 3 rings (SSSR count). The molecule has 1 aromatic carbocycles. The maximum atomic E-state index is 12.4. The van der Waals surface area contributed by atoms with Gasteiger partial charge in [0.2, 0.25) is 0 Å². The molecule has 23 heavy (non-hydrogen) atoms. The number of rotatable bonds is 5. The third-order valence-electron chi connectivity index (χ3n) is 4.08. The second-order valence-electron chi connectivity index (χ2n) is 5.71. The lowest BCUT2D eigenvalue weighted by atomic mass is 10.0. The molecule has 1 aliphatic carbocycles. The minimum absolute atomic E-state index is 0.0294. The van der Waals surface area contributed by atoms with E-state index in [0.29, 0.717) is 12.2 Å².